The molecule has 0 spiro atoms. The van der Waals surface area contributed by atoms with Crippen LogP contribution in [0.25, 0.3) is 0 Å². The third-order valence-corrected chi connectivity index (χ3v) is 2.52. The van der Waals surface area contributed by atoms with Crippen molar-refractivity contribution >= 4 is 0 Å². The van der Waals surface area contributed by atoms with Gasteiger partial charge in [0, 0.05) is 12.7 Å². The Kier molecular flexibility index (Phi) is 3.17. The summed E-state index contributed by atoms with van der Waals surface area (Å²) in [5.74, 6) is 0.886. The van der Waals surface area contributed by atoms with Gasteiger partial charge in [0.05, 0.1) is 12.7 Å². The van der Waals surface area contributed by atoms with Crippen molar-refractivity contribution in [2.75, 3.05) is 14.2 Å². The second kappa shape index (κ2) is 4.01. The highest BCUT2D eigenvalue weighted by molar-refractivity contribution is 5.40. The first-order valence-corrected chi connectivity index (χ1v) is 4.71. The van der Waals surface area contributed by atoms with Crippen LogP contribution in [-0.4, -0.2) is 14.2 Å². The second-order valence-corrected chi connectivity index (χ2v) is 3.92. The van der Waals surface area contributed by atoms with Gasteiger partial charge in [0.1, 0.15) is 5.75 Å². The maximum absolute atomic E-state index is 5.43. The van der Waals surface area contributed by atoms with Crippen LogP contribution in [0.3, 0.4) is 0 Å². The van der Waals surface area contributed by atoms with E-state index in [9.17, 15) is 0 Å². The zero-order chi connectivity index (χ0) is 10.8. The molecule has 0 unspecified atom stereocenters. The van der Waals surface area contributed by atoms with Crippen molar-refractivity contribution in [1.29, 1.82) is 0 Å². The Labute approximate surface area is 85.8 Å². The fraction of sp³-hybridized carbons (Fsp3) is 0.500. The van der Waals surface area contributed by atoms with Crippen molar-refractivity contribution in [3.05, 3.63) is 29.3 Å². The van der Waals surface area contributed by atoms with Crippen molar-refractivity contribution in [1.82, 2.24) is 0 Å². The first kappa shape index (κ1) is 11.1. The second-order valence-electron chi connectivity index (χ2n) is 3.92. The smallest absolute Gasteiger partial charge is 0.125 e. The molecular weight excluding hydrogens is 176 g/mol. The predicted molar refractivity (Wildman–Crippen MR) is 57.8 cm³/mol. The summed E-state index contributed by atoms with van der Waals surface area (Å²) in [5, 5.41) is 0. The van der Waals surface area contributed by atoms with E-state index in [4.69, 9.17) is 9.47 Å². The Hall–Kier alpha value is -1.02. The number of aryl methyl sites for hydroxylation is 1. The highest BCUT2D eigenvalue weighted by atomic mass is 16.5. The highest BCUT2D eigenvalue weighted by Crippen LogP contribution is 2.32. The molecule has 0 aromatic heterocycles. The number of benzene rings is 1. The molecular formula is C12H18O2. The number of hydrogen-bond acceptors (Lipinski definition) is 2. The zero-order valence-corrected chi connectivity index (χ0v) is 9.55. The monoisotopic (exact) mass is 194 g/mol. The minimum Gasteiger partial charge on any atom is -0.496 e. The van der Waals surface area contributed by atoms with Crippen LogP contribution in [0.1, 0.15) is 25.0 Å². The molecule has 0 saturated carbocycles. The molecule has 78 valence electrons. The standard InChI is InChI=1S/C12H18O2/c1-9-6-7-10(11(8-9)13-4)12(2,3)14-5/h6-8H,1-5H3. The fourth-order valence-electron chi connectivity index (χ4n) is 1.41. The van der Waals surface area contributed by atoms with Crippen LogP contribution >= 0.6 is 0 Å². The molecule has 0 atom stereocenters. The minimum atomic E-state index is -0.307. The van der Waals surface area contributed by atoms with Crippen LogP contribution < -0.4 is 4.74 Å². The van der Waals surface area contributed by atoms with Crippen molar-refractivity contribution in [2.45, 2.75) is 26.4 Å². The van der Waals surface area contributed by atoms with Crippen LogP contribution in [0.15, 0.2) is 18.2 Å². The third-order valence-electron chi connectivity index (χ3n) is 2.52. The molecule has 0 aliphatic rings. The van der Waals surface area contributed by atoms with E-state index in [1.165, 1.54) is 5.56 Å². The molecule has 0 saturated heterocycles. The van der Waals surface area contributed by atoms with Gasteiger partial charge < -0.3 is 9.47 Å². The molecule has 0 bridgehead atoms. The highest BCUT2D eigenvalue weighted by Gasteiger charge is 2.23. The van der Waals surface area contributed by atoms with Crippen LogP contribution in [0.2, 0.25) is 0 Å². The van der Waals surface area contributed by atoms with Gasteiger partial charge in [-0.25, -0.2) is 0 Å². The number of rotatable bonds is 3. The van der Waals surface area contributed by atoms with Crippen molar-refractivity contribution in [3.63, 3.8) is 0 Å². The predicted octanol–water partition coefficient (Wildman–Crippen LogP) is 2.89. The number of methoxy groups -OCH3 is 2. The van der Waals surface area contributed by atoms with Crippen LogP contribution in [0.4, 0.5) is 0 Å². The van der Waals surface area contributed by atoms with Crippen LogP contribution in [0, 0.1) is 6.92 Å². The summed E-state index contributed by atoms with van der Waals surface area (Å²) in [7, 11) is 3.39. The first-order chi connectivity index (χ1) is 6.51. The SMILES string of the molecule is COc1cc(C)ccc1C(C)(C)OC. The van der Waals surface area contributed by atoms with E-state index < -0.39 is 0 Å². The lowest BCUT2D eigenvalue weighted by atomic mass is 9.96. The maximum atomic E-state index is 5.43. The fourth-order valence-corrected chi connectivity index (χ4v) is 1.41. The summed E-state index contributed by atoms with van der Waals surface area (Å²) < 4.78 is 10.8. The maximum Gasteiger partial charge on any atom is 0.125 e. The van der Waals surface area contributed by atoms with Crippen LogP contribution in [-0.2, 0) is 10.3 Å². The lowest BCUT2D eigenvalue weighted by Crippen LogP contribution is -2.20. The quantitative estimate of drug-likeness (QED) is 0.736. The van der Waals surface area contributed by atoms with Gasteiger partial charge in [-0.3, -0.25) is 0 Å². The molecule has 1 aromatic carbocycles. The molecule has 0 fully saturated rings. The van der Waals surface area contributed by atoms with Crippen molar-refractivity contribution in [2.24, 2.45) is 0 Å². The summed E-state index contributed by atoms with van der Waals surface area (Å²) in [4.78, 5) is 0. The summed E-state index contributed by atoms with van der Waals surface area (Å²) in [5.41, 5.74) is 1.96. The third kappa shape index (κ3) is 2.07. The van der Waals surface area contributed by atoms with Gasteiger partial charge in [-0.1, -0.05) is 12.1 Å². The Morgan fingerprint density at radius 3 is 2.29 bits per heavy atom. The van der Waals surface area contributed by atoms with Crippen molar-refractivity contribution < 1.29 is 9.47 Å². The Morgan fingerprint density at radius 2 is 1.79 bits per heavy atom. The minimum absolute atomic E-state index is 0.307. The normalized spacial score (nSPS) is 11.5. The first-order valence-electron chi connectivity index (χ1n) is 4.71. The Morgan fingerprint density at radius 1 is 1.14 bits per heavy atom. The molecule has 14 heavy (non-hydrogen) atoms. The van der Waals surface area contributed by atoms with E-state index in [-0.39, 0.29) is 5.60 Å². The summed E-state index contributed by atoms with van der Waals surface area (Å²) in [6, 6.07) is 6.15. The van der Waals surface area contributed by atoms with E-state index in [0.29, 0.717) is 0 Å². The Bertz CT molecular complexity index is 316. The number of ether oxygens (including phenoxy) is 2. The molecule has 0 aliphatic carbocycles. The van der Waals surface area contributed by atoms with E-state index in [2.05, 4.69) is 12.1 Å². The largest absolute Gasteiger partial charge is 0.496 e. The van der Waals surface area contributed by atoms with E-state index in [1.54, 1.807) is 14.2 Å². The van der Waals surface area contributed by atoms with E-state index in [0.717, 1.165) is 11.3 Å². The summed E-state index contributed by atoms with van der Waals surface area (Å²) in [6.45, 7) is 6.10. The molecule has 0 aliphatic heterocycles. The van der Waals surface area contributed by atoms with Crippen LogP contribution in [0.5, 0.6) is 5.75 Å². The van der Waals surface area contributed by atoms with Gasteiger partial charge in [-0.05, 0) is 32.4 Å². The molecule has 2 nitrogen and oxygen atoms in total. The average molecular weight is 194 g/mol. The topological polar surface area (TPSA) is 18.5 Å². The molecule has 0 radical (unpaired) electrons. The average Bonchev–Trinajstić information content (AvgIpc) is 2.17. The van der Waals surface area contributed by atoms with Gasteiger partial charge in [-0.2, -0.15) is 0 Å². The van der Waals surface area contributed by atoms with Gasteiger partial charge >= 0.3 is 0 Å². The molecule has 1 aromatic rings. The summed E-state index contributed by atoms with van der Waals surface area (Å²) in [6.07, 6.45) is 0. The van der Waals surface area contributed by atoms with E-state index >= 15 is 0 Å². The van der Waals surface area contributed by atoms with Gasteiger partial charge in [-0.15, -0.1) is 0 Å². The van der Waals surface area contributed by atoms with E-state index in [1.807, 2.05) is 26.8 Å². The van der Waals surface area contributed by atoms with Gasteiger partial charge in [0.2, 0.25) is 0 Å². The van der Waals surface area contributed by atoms with Crippen molar-refractivity contribution in [3.8, 4) is 5.75 Å². The molecule has 0 amide bonds. The zero-order valence-electron chi connectivity index (χ0n) is 9.55. The van der Waals surface area contributed by atoms with Gasteiger partial charge in [0.25, 0.3) is 0 Å². The molecule has 2 heteroatoms. The lowest BCUT2D eigenvalue weighted by molar-refractivity contribution is 0.0173. The van der Waals surface area contributed by atoms with Gasteiger partial charge in [0.15, 0.2) is 0 Å². The molecule has 0 heterocycles. The summed E-state index contributed by atoms with van der Waals surface area (Å²) >= 11 is 0. The molecule has 1 rings (SSSR count). The molecule has 0 N–H and O–H groups in total. The Balaban J connectivity index is 3.20. The number of hydrogen-bond donors (Lipinski definition) is 0. The lowest BCUT2D eigenvalue weighted by Gasteiger charge is -2.25.